The van der Waals surface area contributed by atoms with Gasteiger partial charge in [-0.25, -0.2) is 0 Å². The van der Waals surface area contributed by atoms with Crippen molar-refractivity contribution in [3.8, 4) is 0 Å². The Bertz CT molecular complexity index is 667. The minimum atomic E-state index is -0.858. The van der Waals surface area contributed by atoms with E-state index in [1.165, 1.54) is 0 Å². The molecule has 2 N–H and O–H groups in total. The second-order valence-electron chi connectivity index (χ2n) is 10.2. The number of hydrogen-bond acceptors (Lipinski definition) is 6. The lowest BCUT2D eigenvalue weighted by Crippen LogP contribution is -2.76. The first-order valence-corrected chi connectivity index (χ1v) is 10.4. The zero-order valence-corrected chi connectivity index (χ0v) is 16.7. The van der Waals surface area contributed by atoms with Gasteiger partial charge in [0.1, 0.15) is 5.60 Å². The quantitative estimate of drug-likeness (QED) is 0.671. The van der Waals surface area contributed by atoms with Crippen molar-refractivity contribution >= 4 is 5.97 Å². The van der Waals surface area contributed by atoms with E-state index in [1.807, 2.05) is 6.92 Å². The Morgan fingerprint density at radius 2 is 1.96 bits per heavy atom. The Labute approximate surface area is 160 Å². The van der Waals surface area contributed by atoms with Gasteiger partial charge < -0.3 is 24.4 Å². The Morgan fingerprint density at radius 3 is 2.67 bits per heavy atom. The number of esters is 1. The van der Waals surface area contributed by atoms with Gasteiger partial charge in [0, 0.05) is 29.8 Å². The van der Waals surface area contributed by atoms with E-state index in [1.54, 1.807) is 7.11 Å². The Kier molecular flexibility index (Phi) is 3.71. The molecule has 3 aliphatic carbocycles. The largest absolute Gasteiger partial charge is 0.456 e. The summed E-state index contributed by atoms with van der Waals surface area (Å²) < 4.78 is 17.9. The van der Waals surface area contributed by atoms with Gasteiger partial charge in [0.05, 0.1) is 31.3 Å². The van der Waals surface area contributed by atoms with Crippen molar-refractivity contribution in [2.45, 2.75) is 76.5 Å². The molecule has 0 unspecified atom stereocenters. The molecule has 0 aromatic heterocycles. The van der Waals surface area contributed by atoms with Gasteiger partial charge in [-0.1, -0.05) is 13.8 Å². The van der Waals surface area contributed by atoms with Gasteiger partial charge >= 0.3 is 5.97 Å². The van der Waals surface area contributed by atoms with Crippen LogP contribution in [0.5, 0.6) is 0 Å². The molecule has 0 amide bonds. The molecule has 0 aromatic rings. The van der Waals surface area contributed by atoms with Crippen LogP contribution in [-0.4, -0.2) is 59.9 Å². The fourth-order valence-electron chi connectivity index (χ4n) is 8.38. The van der Waals surface area contributed by atoms with Crippen LogP contribution in [0.4, 0.5) is 0 Å². The molecule has 11 atom stereocenters. The first kappa shape index (κ1) is 18.3. The van der Waals surface area contributed by atoms with Crippen LogP contribution in [0.2, 0.25) is 0 Å². The van der Waals surface area contributed by atoms with E-state index in [-0.39, 0.29) is 41.7 Å². The third-order valence-corrected chi connectivity index (χ3v) is 9.51. The number of carbonyl (C=O) groups is 1. The lowest BCUT2D eigenvalue weighted by atomic mass is 9.37. The molecule has 2 saturated heterocycles. The zero-order valence-electron chi connectivity index (χ0n) is 16.7. The van der Waals surface area contributed by atoms with Gasteiger partial charge in [0.15, 0.2) is 6.10 Å². The van der Waals surface area contributed by atoms with Crippen LogP contribution in [0, 0.1) is 34.5 Å². The van der Waals surface area contributed by atoms with Gasteiger partial charge in [-0.3, -0.25) is 4.79 Å². The molecule has 6 nitrogen and oxygen atoms in total. The van der Waals surface area contributed by atoms with Crippen LogP contribution >= 0.6 is 0 Å². The van der Waals surface area contributed by atoms with Crippen LogP contribution in [0.15, 0.2) is 0 Å². The van der Waals surface area contributed by atoms with E-state index in [9.17, 15) is 15.0 Å². The molecule has 152 valence electrons. The summed E-state index contributed by atoms with van der Waals surface area (Å²) in [5.74, 6) is 0.0819. The number of carbonyl (C=O) groups excluding carboxylic acids is 1. The summed E-state index contributed by atoms with van der Waals surface area (Å²) in [5, 5.41) is 23.0. The molecule has 2 heterocycles. The van der Waals surface area contributed by atoms with Crippen molar-refractivity contribution in [3.63, 3.8) is 0 Å². The number of hydrogen-bond donors (Lipinski definition) is 2. The van der Waals surface area contributed by atoms with Gasteiger partial charge in [0.2, 0.25) is 0 Å². The highest BCUT2D eigenvalue weighted by Gasteiger charge is 2.80. The molecule has 2 aliphatic heterocycles. The summed E-state index contributed by atoms with van der Waals surface area (Å²) in [6, 6.07) is 0. The highest BCUT2D eigenvalue weighted by molar-refractivity contribution is 5.72. The first-order chi connectivity index (χ1) is 12.7. The second kappa shape index (κ2) is 5.47. The monoisotopic (exact) mass is 380 g/mol. The zero-order chi connectivity index (χ0) is 19.4. The number of fused-ring (bicyclic) bond motifs is 2. The standard InChI is InChI=1S/C21H32O6/c1-10-5-6-14(25-4)19(2)11(10)7-13(22)21-9-26-20(3)12(21)8-15(23)27-18(20)16(24)17(19)21/h10-14,16-18,22,24H,5-9H2,1-4H3/t10-,11+,12+,13+,14-,16-,17-,18+,19-,20+,21-/m1/s1. The van der Waals surface area contributed by atoms with Crippen LogP contribution in [0.25, 0.3) is 0 Å². The van der Waals surface area contributed by atoms with Crippen molar-refractivity contribution in [2.24, 2.45) is 34.5 Å². The predicted octanol–water partition coefficient (Wildman–Crippen LogP) is 1.52. The molecule has 0 radical (unpaired) electrons. The molecule has 6 heteroatoms. The van der Waals surface area contributed by atoms with Crippen LogP contribution in [-0.2, 0) is 19.0 Å². The van der Waals surface area contributed by atoms with Crippen molar-refractivity contribution in [1.29, 1.82) is 0 Å². The number of rotatable bonds is 1. The molecule has 1 spiro atoms. The smallest absolute Gasteiger partial charge is 0.306 e. The summed E-state index contributed by atoms with van der Waals surface area (Å²) in [6.07, 6.45) is 0.837. The summed E-state index contributed by atoms with van der Waals surface area (Å²) in [7, 11) is 1.76. The Balaban J connectivity index is 1.71. The first-order valence-electron chi connectivity index (χ1n) is 10.4. The minimum absolute atomic E-state index is 0.0177. The maximum Gasteiger partial charge on any atom is 0.306 e. The number of methoxy groups -OCH3 is 1. The number of ether oxygens (including phenoxy) is 3. The maximum atomic E-state index is 12.3. The highest BCUT2D eigenvalue weighted by atomic mass is 16.6. The van der Waals surface area contributed by atoms with E-state index >= 15 is 0 Å². The average molecular weight is 380 g/mol. The SMILES string of the molecule is CO[C@@H]1CC[C@@H](C)[C@@H]2C[C@H](O)[C@@]34CO[C@]5(C)[C@@H](OC(=O)C[C@@H]53)[C@H](O)[C@@H]4[C@@]12C. The molecular formula is C21H32O6. The van der Waals surface area contributed by atoms with E-state index in [0.717, 1.165) is 12.8 Å². The number of aliphatic hydroxyl groups excluding tert-OH is 2. The Morgan fingerprint density at radius 1 is 1.22 bits per heavy atom. The summed E-state index contributed by atoms with van der Waals surface area (Å²) in [4.78, 5) is 12.3. The molecule has 5 rings (SSSR count). The van der Waals surface area contributed by atoms with Crippen molar-refractivity contribution in [1.82, 2.24) is 0 Å². The lowest BCUT2D eigenvalue weighted by Gasteiger charge is -2.68. The van der Waals surface area contributed by atoms with Crippen LogP contribution in [0.3, 0.4) is 0 Å². The molecule has 27 heavy (non-hydrogen) atoms. The van der Waals surface area contributed by atoms with E-state index in [2.05, 4.69) is 13.8 Å². The third kappa shape index (κ3) is 1.89. The second-order valence-corrected chi connectivity index (χ2v) is 10.2. The normalized spacial score (nSPS) is 61.8. The molecule has 4 bridgehead atoms. The average Bonchev–Trinajstić information content (AvgIpc) is 2.85. The van der Waals surface area contributed by atoms with Crippen LogP contribution in [0.1, 0.15) is 46.5 Å². The highest BCUT2D eigenvalue weighted by Crippen LogP contribution is 2.72. The molecule has 5 aliphatic rings. The minimum Gasteiger partial charge on any atom is -0.456 e. The fraction of sp³-hybridized carbons (Fsp3) is 0.952. The van der Waals surface area contributed by atoms with Gasteiger partial charge in [-0.05, 0) is 38.0 Å². The third-order valence-electron chi connectivity index (χ3n) is 9.51. The van der Waals surface area contributed by atoms with Gasteiger partial charge in [0.25, 0.3) is 0 Å². The topological polar surface area (TPSA) is 85.2 Å². The van der Waals surface area contributed by atoms with Crippen molar-refractivity contribution in [2.75, 3.05) is 13.7 Å². The molecular weight excluding hydrogens is 348 g/mol. The lowest BCUT2D eigenvalue weighted by molar-refractivity contribution is -0.297. The summed E-state index contributed by atoms with van der Waals surface area (Å²) in [6.45, 7) is 6.81. The maximum absolute atomic E-state index is 12.3. The molecule has 0 aromatic carbocycles. The van der Waals surface area contributed by atoms with Gasteiger partial charge in [-0.15, -0.1) is 0 Å². The Hall–Kier alpha value is -0.690. The van der Waals surface area contributed by atoms with E-state index in [4.69, 9.17) is 14.2 Å². The summed E-state index contributed by atoms with van der Waals surface area (Å²) >= 11 is 0. The summed E-state index contributed by atoms with van der Waals surface area (Å²) in [5.41, 5.74) is -1.64. The van der Waals surface area contributed by atoms with E-state index < -0.39 is 29.3 Å². The van der Waals surface area contributed by atoms with E-state index in [0.29, 0.717) is 18.9 Å². The fourth-order valence-corrected chi connectivity index (χ4v) is 8.38. The van der Waals surface area contributed by atoms with Crippen molar-refractivity contribution in [3.05, 3.63) is 0 Å². The predicted molar refractivity (Wildman–Crippen MR) is 95.7 cm³/mol. The van der Waals surface area contributed by atoms with Crippen LogP contribution < -0.4 is 0 Å². The number of aliphatic hydroxyl groups is 2. The molecule has 3 saturated carbocycles. The van der Waals surface area contributed by atoms with Gasteiger partial charge in [-0.2, -0.15) is 0 Å². The molecule has 5 fully saturated rings. The van der Waals surface area contributed by atoms with Crippen molar-refractivity contribution < 1.29 is 29.2 Å².